The number of amides is 1. The van der Waals surface area contributed by atoms with Crippen molar-refractivity contribution in [3.8, 4) is 0 Å². The summed E-state index contributed by atoms with van der Waals surface area (Å²) in [6.07, 6.45) is 5.83. The standard InChI is InChI=1S/C19H21ClN4O3/c1-3-4-10-23-19(20)16(13(2)21-23)7-8-18(25)22-11-9-14-5-6-15(24(26)27)12-17(14)22/h5-8,12H,3-4,9-11H2,1-2H3/b8-7+. The average Bonchev–Trinajstić information content (AvgIpc) is 3.18. The van der Waals surface area contributed by atoms with Crippen LogP contribution in [0.15, 0.2) is 24.3 Å². The van der Waals surface area contributed by atoms with Crippen LogP contribution < -0.4 is 4.90 Å². The third-order valence-electron chi connectivity index (χ3n) is 4.67. The Morgan fingerprint density at radius 1 is 1.44 bits per heavy atom. The molecule has 2 aromatic rings. The molecular weight excluding hydrogens is 368 g/mol. The first-order valence-corrected chi connectivity index (χ1v) is 9.30. The predicted molar refractivity (Wildman–Crippen MR) is 105 cm³/mol. The number of nitrogens with zero attached hydrogens (tertiary/aromatic N) is 4. The maximum Gasteiger partial charge on any atom is 0.271 e. The van der Waals surface area contributed by atoms with Gasteiger partial charge in [-0.1, -0.05) is 31.0 Å². The highest BCUT2D eigenvalue weighted by molar-refractivity contribution is 6.31. The van der Waals surface area contributed by atoms with Crippen molar-refractivity contribution in [1.29, 1.82) is 0 Å². The Kier molecular flexibility index (Phi) is 5.60. The summed E-state index contributed by atoms with van der Waals surface area (Å²) >= 11 is 6.39. The molecule has 0 unspecified atom stereocenters. The molecule has 1 amide bonds. The lowest BCUT2D eigenvalue weighted by Crippen LogP contribution is -2.26. The Bertz CT molecular complexity index is 920. The Morgan fingerprint density at radius 3 is 2.93 bits per heavy atom. The minimum Gasteiger partial charge on any atom is -0.308 e. The second kappa shape index (κ2) is 7.92. The number of carbonyl (C=O) groups is 1. The summed E-state index contributed by atoms with van der Waals surface area (Å²) < 4.78 is 1.75. The van der Waals surface area contributed by atoms with Crippen molar-refractivity contribution in [3.63, 3.8) is 0 Å². The van der Waals surface area contributed by atoms with E-state index in [1.807, 2.05) is 6.92 Å². The fourth-order valence-corrected chi connectivity index (χ4v) is 3.49. The van der Waals surface area contributed by atoms with Gasteiger partial charge in [-0.05, 0) is 31.4 Å². The second-order valence-electron chi connectivity index (χ2n) is 6.51. The van der Waals surface area contributed by atoms with Gasteiger partial charge in [0.25, 0.3) is 11.6 Å². The van der Waals surface area contributed by atoms with E-state index in [2.05, 4.69) is 12.0 Å². The van der Waals surface area contributed by atoms with Crippen LogP contribution in [0.4, 0.5) is 11.4 Å². The van der Waals surface area contributed by atoms with Gasteiger partial charge < -0.3 is 4.90 Å². The van der Waals surface area contributed by atoms with Gasteiger partial charge in [0.15, 0.2) is 0 Å². The number of benzene rings is 1. The topological polar surface area (TPSA) is 81.3 Å². The van der Waals surface area contributed by atoms with Gasteiger partial charge in [0, 0.05) is 36.9 Å². The van der Waals surface area contributed by atoms with Crippen molar-refractivity contribution in [3.05, 3.63) is 56.4 Å². The van der Waals surface area contributed by atoms with E-state index in [-0.39, 0.29) is 11.6 Å². The first-order valence-electron chi connectivity index (χ1n) is 8.92. The van der Waals surface area contributed by atoms with Crippen LogP contribution in [-0.2, 0) is 17.8 Å². The van der Waals surface area contributed by atoms with Crippen LogP contribution in [-0.4, -0.2) is 27.2 Å². The smallest absolute Gasteiger partial charge is 0.271 e. The Labute approximate surface area is 162 Å². The van der Waals surface area contributed by atoms with E-state index in [9.17, 15) is 14.9 Å². The van der Waals surface area contributed by atoms with Crippen LogP contribution in [0.3, 0.4) is 0 Å². The molecule has 0 saturated carbocycles. The Balaban J connectivity index is 1.81. The zero-order chi connectivity index (χ0) is 19.6. The number of aryl methyl sites for hydroxylation is 2. The zero-order valence-electron chi connectivity index (χ0n) is 15.3. The number of nitro benzene ring substituents is 1. The van der Waals surface area contributed by atoms with E-state index in [4.69, 9.17) is 11.6 Å². The van der Waals surface area contributed by atoms with Gasteiger partial charge in [0.05, 0.1) is 16.3 Å². The van der Waals surface area contributed by atoms with Gasteiger partial charge >= 0.3 is 0 Å². The maximum atomic E-state index is 12.7. The normalized spacial score (nSPS) is 13.4. The molecule has 0 bridgehead atoms. The van der Waals surface area contributed by atoms with Gasteiger partial charge in [-0.2, -0.15) is 5.10 Å². The van der Waals surface area contributed by atoms with E-state index in [0.717, 1.165) is 36.2 Å². The predicted octanol–water partition coefficient (Wildman–Crippen LogP) is 4.16. The number of nitro groups is 1. The van der Waals surface area contributed by atoms with Gasteiger partial charge in [0.1, 0.15) is 5.15 Å². The third-order valence-corrected chi connectivity index (χ3v) is 5.07. The maximum absolute atomic E-state index is 12.7. The van der Waals surface area contributed by atoms with E-state index < -0.39 is 4.92 Å². The first-order chi connectivity index (χ1) is 12.9. The molecule has 7 nitrogen and oxygen atoms in total. The summed E-state index contributed by atoms with van der Waals surface area (Å²) in [6.45, 7) is 5.19. The second-order valence-corrected chi connectivity index (χ2v) is 6.87. The van der Waals surface area contributed by atoms with E-state index in [1.165, 1.54) is 18.2 Å². The minimum atomic E-state index is -0.453. The molecule has 0 radical (unpaired) electrons. The van der Waals surface area contributed by atoms with Crippen molar-refractivity contribution < 1.29 is 9.72 Å². The average molecular weight is 389 g/mol. The summed E-state index contributed by atoms with van der Waals surface area (Å²) in [4.78, 5) is 24.8. The summed E-state index contributed by atoms with van der Waals surface area (Å²) in [5, 5.41) is 15.9. The van der Waals surface area contributed by atoms with Crippen molar-refractivity contribution in [2.45, 2.75) is 39.7 Å². The first kappa shape index (κ1) is 19.1. The molecule has 2 heterocycles. The summed E-state index contributed by atoms with van der Waals surface area (Å²) in [5.74, 6) is -0.231. The van der Waals surface area contributed by atoms with Gasteiger partial charge in [-0.15, -0.1) is 0 Å². The summed E-state index contributed by atoms with van der Waals surface area (Å²) in [6, 6.07) is 4.63. The third kappa shape index (κ3) is 3.88. The molecule has 3 rings (SSSR count). The van der Waals surface area contributed by atoms with Gasteiger partial charge in [-0.3, -0.25) is 19.6 Å². The molecule has 0 atom stereocenters. The van der Waals surface area contributed by atoms with Crippen LogP contribution >= 0.6 is 11.6 Å². The Morgan fingerprint density at radius 2 is 2.22 bits per heavy atom. The lowest BCUT2D eigenvalue weighted by Gasteiger charge is -2.14. The van der Waals surface area contributed by atoms with E-state index in [0.29, 0.717) is 23.8 Å². The van der Waals surface area contributed by atoms with Gasteiger partial charge in [-0.25, -0.2) is 0 Å². The lowest BCUT2D eigenvalue weighted by atomic mass is 10.1. The zero-order valence-corrected chi connectivity index (χ0v) is 16.1. The number of hydrogen-bond acceptors (Lipinski definition) is 4. The van der Waals surface area contributed by atoms with E-state index in [1.54, 1.807) is 21.7 Å². The lowest BCUT2D eigenvalue weighted by molar-refractivity contribution is -0.384. The van der Waals surface area contributed by atoms with Crippen LogP contribution in [0.25, 0.3) is 6.08 Å². The molecular formula is C19H21ClN4O3. The highest BCUT2D eigenvalue weighted by Gasteiger charge is 2.25. The molecule has 0 saturated heterocycles. The van der Waals surface area contributed by atoms with Crippen LogP contribution in [0.2, 0.25) is 5.15 Å². The highest BCUT2D eigenvalue weighted by Crippen LogP contribution is 2.32. The largest absolute Gasteiger partial charge is 0.308 e. The van der Waals surface area contributed by atoms with Crippen LogP contribution in [0.1, 0.15) is 36.6 Å². The molecule has 27 heavy (non-hydrogen) atoms. The van der Waals surface area contributed by atoms with Crippen LogP contribution in [0.5, 0.6) is 0 Å². The summed E-state index contributed by atoms with van der Waals surface area (Å²) in [5.41, 5.74) is 3.00. The molecule has 142 valence electrons. The molecule has 0 spiro atoms. The van der Waals surface area contributed by atoms with Crippen molar-refractivity contribution >= 4 is 35.0 Å². The number of hydrogen-bond donors (Lipinski definition) is 0. The molecule has 1 aliphatic rings. The highest BCUT2D eigenvalue weighted by atomic mass is 35.5. The number of carbonyl (C=O) groups excluding carboxylic acids is 1. The fraction of sp³-hybridized carbons (Fsp3) is 0.368. The number of aromatic nitrogens is 2. The fourth-order valence-electron chi connectivity index (χ4n) is 3.17. The summed E-state index contributed by atoms with van der Waals surface area (Å²) in [7, 11) is 0. The SMILES string of the molecule is CCCCn1nc(C)c(/C=C/C(=O)N2CCc3ccc([N+](=O)[O-])cc32)c1Cl. The molecule has 1 aromatic heterocycles. The molecule has 1 aromatic carbocycles. The quantitative estimate of drug-likeness (QED) is 0.422. The number of unbranched alkanes of at least 4 members (excludes halogenated alkanes) is 1. The molecule has 0 aliphatic carbocycles. The molecule has 1 aliphatic heterocycles. The number of halogens is 1. The number of anilines is 1. The minimum absolute atomic E-state index is 0.0199. The molecule has 0 fully saturated rings. The number of rotatable bonds is 6. The number of fused-ring (bicyclic) bond motifs is 1. The van der Waals surface area contributed by atoms with Crippen molar-refractivity contribution in [2.75, 3.05) is 11.4 Å². The molecule has 0 N–H and O–H groups in total. The van der Waals surface area contributed by atoms with Crippen molar-refractivity contribution in [2.24, 2.45) is 0 Å². The monoisotopic (exact) mass is 388 g/mol. The van der Waals surface area contributed by atoms with Crippen LogP contribution in [0, 0.1) is 17.0 Å². The van der Waals surface area contributed by atoms with Gasteiger partial charge in [0.2, 0.25) is 0 Å². The number of non-ortho nitro benzene ring substituents is 1. The Hall–Kier alpha value is -2.67. The molecule has 8 heteroatoms. The van der Waals surface area contributed by atoms with E-state index >= 15 is 0 Å². The van der Waals surface area contributed by atoms with Crippen molar-refractivity contribution in [1.82, 2.24) is 9.78 Å².